The van der Waals surface area contributed by atoms with Crippen LogP contribution in [0.15, 0.2) is 24.3 Å². The maximum absolute atomic E-state index is 12.5. The fraction of sp³-hybridized carbons (Fsp3) is 0.611. The van der Waals surface area contributed by atoms with E-state index in [9.17, 15) is 9.90 Å². The summed E-state index contributed by atoms with van der Waals surface area (Å²) in [7, 11) is 0. The molecule has 3 N–H and O–H groups in total. The number of nitrogens with two attached hydrogens (primary N) is 1. The van der Waals surface area contributed by atoms with Crippen molar-refractivity contribution in [1.29, 1.82) is 0 Å². The molecule has 24 heavy (non-hydrogen) atoms. The average molecular weight is 333 g/mol. The number of aliphatic hydroxyl groups excluding tert-OH is 1. The summed E-state index contributed by atoms with van der Waals surface area (Å²) in [6.45, 7) is 4.12. The van der Waals surface area contributed by atoms with Crippen LogP contribution in [0.25, 0.3) is 0 Å². The first-order valence-electron chi connectivity index (χ1n) is 8.79. The molecule has 2 aliphatic heterocycles. The van der Waals surface area contributed by atoms with Gasteiger partial charge in [-0.25, -0.2) is 0 Å². The molecule has 0 aliphatic carbocycles. The van der Waals surface area contributed by atoms with E-state index < -0.39 is 6.10 Å². The Bertz CT molecular complexity index is 543. The minimum Gasteiger partial charge on any atom is -0.492 e. The summed E-state index contributed by atoms with van der Waals surface area (Å²) in [5.41, 5.74) is 6.37. The Morgan fingerprint density at radius 3 is 2.58 bits per heavy atom. The van der Waals surface area contributed by atoms with E-state index >= 15 is 0 Å². The van der Waals surface area contributed by atoms with E-state index in [1.807, 2.05) is 24.3 Å². The number of nitrogens with zero attached hydrogens (tertiary/aromatic N) is 2. The number of ether oxygens (including phenoxy) is 1. The van der Waals surface area contributed by atoms with Crippen molar-refractivity contribution in [3.8, 4) is 5.75 Å². The van der Waals surface area contributed by atoms with Crippen molar-refractivity contribution >= 4 is 5.91 Å². The third kappa shape index (κ3) is 4.06. The second kappa shape index (κ2) is 7.96. The molecule has 2 atom stereocenters. The normalized spacial score (nSPS) is 24.5. The number of rotatable bonds is 6. The Balaban J connectivity index is 1.53. The number of benzene rings is 1. The molecule has 0 radical (unpaired) electrons. The van der Waals surface area contributed by atoms with Crippen molar-refractivity contribution in [2.75, 3.05) is 39.3 Å². The molecule has 1 amide bonds. The van der Waals surface area contributed by atoms with Crippen molar-refractivity contribution in [1.82, 2.24) is 9.80 Å². The fourth-order valence-corrected chi connectivity index (χ4v) is 3.57. The van der Waals surface area contributed by atoms with Crippen molar-refractivity contribution in [3.05, 3.63) is 29.8 Å². The van der Waals surface area contributed by atoms with E-state index in [0.29, 0.717) is 32.7 Å². The van der Waals surface area contributed by atoms with Gasteiger partial charge in [-0.15, -0.1) is 0 Å². The second-order valence-corrected chi connectivity index (χ2v) is 6.63. The Labute approximate surface area is 143 Å². The van der Waals surface area contributed by atoms with Crippen LogP contribution in [0.3, 0.4) is 0 Å². The monoisotopic (exact) mass is 333 g/mol. The van der Waals surface area contributed by atoms with Crippen molar-refractivity contribution < 1.29 is 14.6 Å². The topological polar surface area (TPSA) is 79.0 Å². The van der Waals surface area contributed by atoms with Gasteiger partial charge in [0.25, 0.3) is 0 Å². The molecule has 0 spiro atoms. The van der Waals surface area contributed by atoms with Gasteiger partial charge in [0, 0.05) is 19.6 Å². The van der Waals surface area contributed by atoms with Gasteiger partial charge in [0.1, 0.15) is 12.4 Å². The first-order chi connectivity index (χ1) is 11.7. The smallest absolute Gasteiger partial charge is 0.227 e. The van der Waals surface area contributed by atoms with E-state index in [1.54, 1.807) is 4.90 Å². The number of aliphatic hydroxyl groups is 1. The summed E-state index contributed by atoms with van der Waals surface area (Å²) in [6.07, 6.45) is 2.31. The van der Waals surface area contributed by atoms with Gasteiger partial charge in [0.2, 0.25) is 5.91 Å². The molecule has 2 saturated heterocycles. The molecule has 0 saturated carbocycles. The molecule has 6 heteroatoms. The van der Waals surface area contributed by atoms with Gasteiger partial charge < -0.3 is 20.5 Å². The predicted molar refractivity (Wildman–Crippen MR) is 91.9 cm³/mol. The maximum Gasteiger partial charge on any atom is 0.227 e. The first-order valence-corrected chi connectivity index (χ1v) is 8.79. The van der Waals surface area contributed by atoms with Crippen LogP contribution in [0.1, 0.15) is 18.4 Å². The number of hydrogen-bond donors (Lipinski definition) is 2. The van der Waals surface area contributed by atoms with Crippen LogP contribution >= 0.6 is 0 Å². The van der Waals surface area contributed by atoms with Crippen LogP contribution in [0.2, 0.25) is 0 Å². The minimum atomic E-state index is -0.431. The summed E-state index contributed by atoms with van der Waals surface area (Å²) in [4.78, 5) is 16.6. The predicted octanol–water partition coefficient (Wildman–Crippen LogP) is 0.234. The van der Waals surface area contributed by atoms with Gasteiger partial charge in [-0.3, -0.25) is 9.69 Å². The number of carbonyl (C=O) groups excluding carboxylic acids is 1. The molecule has 2 heterocycles. The zero-order valence-corrected chi connectivity index (χ0v) is 14.1. The highest BCUT2D eigenvalue weighted by Crippen LogP contribution is 2.22. The lowest BCUT2D eigenvalue weighted by molar-refractivity contribution is -0.129. The number of hydrogen-bond acceptors (Lipinski definition) is 5. The standard InChI is InChI=1S/C18H27N3O3/c19-7-10-24-15-5-3-14(4-6-15)11-18(23)21-12-16(17(22)13-21)20-8-1-2-9-20/h3-6,16-17,22H,1-2,7-13,19H2/t16-,17-/m0/s1. The van der Waals surface area contributed by atoms with Crippen LogP contribution in [0.4, 0.5) is 0 Å². The number of β-amino-alcohol motifs (C(OH)–C–C–N with tert-alkyl or cyclic N) is 1. The highest BCUT2D eigenvalue weighted by Gasteiger charge is 2.38. The maximum atomic E-state index is 12.5. The summed E-state index contributed by atoms with van der Waals surface area (Å²) >= 11 is 0. The lowest BCUT2D eigenvalue weighted by Crippen LogP contribution is -2.41. The number of carbonyl (C=O) groups is 1. The molecule has 6 nitrogen and oxygen atoms in total. The van der Waals surface area contributed by atoms with Crippen LogP contribution in [-0.4, -0.2) is 72.3 Å². The number of likely N-dealkylation sites (tertiary alicyclic amines) is 2. The van der Waals surface area contributed by atoms with E-state index in [1.165, 1.54) is 12.8 Å². The zero-order chi connectivity index (χ0) is 16.9. The van der Waals surface area contributed by atoms with Crippen LogP contribution < -0.4 is 10.5 Å². The molecule has 3 rings (SSSR count). The number of amides is 1. The summed E-state index contributed by atoms with van der Waals surface area (Å²) in [5, 5.41) is 10.3. The largest absolute Gasteiger partial charge is 0.492 e. The quantitative estimate of drug-likeness (QED) is 0.779. The third-order valence-electron chi connectivity index (χ3n) is 4.89. The van der Waals surface area contributed by atoms with Crippen molar-refractivity contribution in [2.45, 2.75) is 31.4 Å². The molecule has 132 valence electrons. The molecule has 1 aromatic carbocycles. The van der Waals surface area contributed by atoms with Crippen molar-refractivity contribution in [3.63, 3.8) is 0 Å². The van der Waals surface area contributed by atoms with Crippen molar-refractivity contribution in [2.24, 2.45) is 5.73 Å². The molecule has 2 aliphatic rings. The molecule has 0 unspecified atom stereocenters. The molecular weight excluding hydrogens is 306 g/mol. The first kappa shape index (κ1) is 17.2. The SMILES string of the molecule is NCCOc1ccc(CC(=O)N2C[C@H](O)[C@@H](N3CCCC3)C2)cc1. The highest BCUT2D eigenvalue weighted by atomic mass is 16.5. The Morgan fingerprint density at radius 1 is 1.21 bits per heavy atom. The third-order valence-corrected chi connectivity index (χ3v) is 4.89. The van der Waals surface area contributed by atoms with Gasteiger partial charge in [-0.2, -0.15) is 0 Å². The lowest BCUT2D eigenvalue weighted by atomic mass is 10.1. The van der Waals surface area contributed by atoms with Gasteiger partial charge in [0.15, 0.2) is 0 Å². The second-order valence-electron chi connectivity index (χ2n) is 6.63. The average Bonchev–Trinajstić information content (AvgIpc) is 3.23. The van der Waals surface area contributed by atoms with Crippen LogP contribution in [0, 0.1) is 0 Å². The van der Waals surface area contributed by atoms with E-state index in [-0.39, 0.29) is 11.9 Å². The molecule has 1 aromatic rings. The summed E-state index contributed by atoms with van der Waals surface area (Å²) < 4.78 is 5.44. The van der Waals surface area contributed by atoms with Crippen LogP contribution in [-0.2, 0) is 11.2 Å². The zero-order valence-electron chi connectivity index (χ0n) is 14.1. The highest BCUT2D eigenvalue weighted by molar-refractivity contribution is 5.79. The van der Waals surface area contributed by atoms with Gasteiger partial charge in [-0.05, 0) is 43.6 Å². The lowest BCUT2D eigenvalue weighted by Gasteiger charge is -2.25. The summed E-state index contributed by atoms with van der Waals surface area (Å²) in [6, 6.07) is 7.65. The minimum absolute atomic E-state index is 0.0753. The van der Waals surface area contributed by atoms with Gasteiger partial charge >= 0.3 is 0 Å². The Hall–Kier alpha value is -1.63. The Morgan fingerprint density at radius 2 is 1.92 bits per heavy atom. The molecule has 0 bridgehead atoms. The molecule has 0 aromatic heterocycles. The summed E-state index contributed by atoms with van der Waals surface area (Å²) in [5.74, 6) is 0.841. The van der Waals surface area contributed by atoms with E-state index in [0.717, 1.165) is 24.4 Å². The molecular formula is C18H27N3O3. The van der Waals surface area contributed by atoms with Gasteiger partial charge in [0.05, 0.1) is 18.6 Å². The van der Waals surface area contributed by atoms with Gasteiger partial charge in [-0.1, -0.05) is 12.1 Å². The van der Waals surface area contributed by atoms with E-state index in [4.69, 9.17) is 10.5 Å². The van der Waals surface area contributed by atoms with E-state index in [2.05, 4.69) is 4.90 Å². The Kier molecular flexibility index (Phi) is 5.71. The van der Waals surface area contributed by atoms with Crippen LogP contribution in [0.5, 0.6) is 5.75 Å². The molecule has 2 fully saturated rings. The fourth-order valence-electron chi connectivity index (χ4n) is 3.57.